The molecule has 0 unspecified atom stereocenters. The second-order valence-corrected chi connectivity index (χ2v) is 6.23. The molecule has 1 aromatic heterocycles. The molecule has 2 atom stereocenters. The normalized spacial score (nSPS) is 30.5. The van der Waals surface area contributed by atoms with E-state index >= 15 is 0 Å². The summed E-state index contributed by atoms with van der Waals surface area (Å²) < 4.78 is 5.53. The lowest BCUT2D eigenvalue weighted by molar-refractivity contribution is -0.0410. The number of aromatic nitrogens is 1. The van der Waals surface area contributed by atoms with Crippen molar-refractivity contribution in [3.05, 3.63) is 22.3 Å². The average Bonchev–Trinajstić information content (AvgIpc) is 2.78. The number of anilines is 1. The molecule has 1 aromatic rings. The highest BCUT2D eigenvalue weighted by atomic mass is 35.5. The summed E-state index contributed by atoms with van der Waals surface area (Å²) in [4.78, 5) is 6.46. The van der Waals surface area contributed by atoms with Crippen LogP contribution in [0.15, 0.2) is 12.3 Å². The molecule has 19 heavy (non-hydrogen) atoms. The molecule has 2 aliphatic rings. The standard InChI is InChI=1S/C13H16Cl2N2O2/c14-10-3-11(15)12(16-4-10)17-5-9-6-19-2-1-13(9,7-17)8-18/h3-4,9,18H,1-2,5-8H2/t9-,13-/m1/s1. The van der Waals surface area contributed by atoms with Gasteiger partial charge in [0.25, 0.3) is 0 Å². The fourth-order valence-corrected chi connectivity index (χ4v) is 3.61. The second-order valence-electron chi connectivity index (χ2n) is 5.38. The first kappa shape index (κ1) is 13.4. The Morgan fingerprint density at radius 3 is 3.05 bits per heavy atom. The van der Waals surface area contributed by atoms with Gasteiger partial charge in [-0.15, -0.1) is 0 Å². The van der Waals surface area contributed by atoms with Gasteiger partial charge in [-0.3, -0.25) is 0 Å². The summed E-state index contributed by atoms with van der Waals surface area (Å²) in [6, 6.07) is 1.70. The zero-order chi connectivity index (χ0) is 13.5. The van der Waals surface area contributed by atoms with E-state index in [0.29, 0.717) is 29.2 Å². The Morgan fingerprint density at radius 1 is 1.53 bits per heavy atom. The minimum absolute atomic E-state index is 0.0805. The monoisotopic (exact) mass is 302 g/mol. The van der Waals surface area contributed by atoms with Gasteiger partial charge in [0.15, 0.2) is 0 Å². The van der Waals surface area contributed by atoms with Crippen LogP contribution >= 0.6 is 23.2 Å². The number of halogens is 2. The maximum absolute atomic E-state index is 9.77. The Morgan fingerprint density at radius 2 is 2.37 bits per heavy atom. The first-order valence-electron chi connectivity index (χ1n) is 6.39. The van der Waals surface area contributed by atoms with E-state index in [9.17, 15) is 5.11 Å². The van der Waals surface area contributed by atoms with Crippen molar-refractivity contribution in [2.45, 2.75) is 6.42 Å². The van der Waals surface area contributed by atoms with Crippen LogP contribution in [0, 0.1) is 11.3 Å². The van der Waals surface area contributed by atoms with Gasteiger partial charge in [0.1, 0.15) is 5.82 Å². The highest BCUT2D eigenvalue weighted by Gasteiger charge is 2.48. The molecule has 0 radical (unpaired) electrons. The largest absolute Gasteiger partial charge is 0.396 e. The van der Waals surface area contributed by atoms with Crippen LogP contribution in [0.1, 0.15) is 6.42 Å². The molecular formula is C13H16Cl2N2O2. The number of aliphatic hydroxyl groups excluding tert-OH is 1. The summed E-state index contributed by atoms with van der Waals surface area (Å²) in [7, 11) is 0. The number of hydrogen-bond acceptors (Lipinski definition) is 4. The first-order valence-corrected chi connectivity index (χ1v) is 7.15. The predicted molar refractivity (Wildman–Crippen MR) is 74.9 cm³/mol. The Labute approximate surface area is 122 Å². The van der Waals surface area contributed by atoms with Gasteiger partial charge in [0.05, 0.1) is 23.3 Å². The Hall–Kier alpha value is -0.550. The van der Waals surface area contributed by atoms with Crippen molar-refractivity contribution < 1.29 is 9.84 Å². The number of nitrogens with zero attached hydrogens (tertiary/aromatic N) is 2. The van der Waals surface area contributed by atoms with E-state index in [0.717, 1.165) is 25.3 Å². The van der Waals surface area contributed by atoms with Gasteiger partial charge in [-0.2, -0.15) is 0 Å². The molecule has 2 aliphatic heterocycles. The molecule has 104 valence electrons. The van der Waals surface area contributed by atoms with Gasteiger partial charge in [-0.05, 0) is 12.5 Å². The van der Waals surface area contributed by atoms with E-state index in [1.807, 2.05) is 0 Å². The summed E-state index contributed by atoms with van der Waals surface area (Å²) in [5, 5.41) is 10.9. The molecule has 1 N–H and O–H groups in total. The van der Waals surface area contributed by atoms with Gasteiger partial charge in [0.2, 0.25) is 0 Å². The highest BCUT2D eigenvalue weighted by molar-refractivity contribution is 6.36. The van der Waals surface area contributed by atoms with Crippen molar-refractivity contribution in [1.29, 1.82) is 0 Å². The quantitative estimate of drug-likeness (QED) is 0.910. The van der Waals surface area contributed by atoms with E-state index in [4.69, 9.17) is 27.9 Å². The van der Waals surface area contributed by atoms with Crippen LogP contribution in [0.4, 0.5) is 5.82 Å². The number of hydrogen-bond donors (Lipinski definition) is 1. The van der Waals surface area contributed by atoms with Crippen molar-refractivity contribution in [1.82, 2.24) is 4.98 Å². The van der Waals surface area contributed by atoms with Crippen LogP contribution in [-0.2, 0) is 4.74 Å². The fourth-order valence-electron chi connectivity index (χ4n) is 3.11. The summed E-state index contributed by atoms with van der Waals surface area (Å²) >= 11 is 12.1. The molecule has 2 fully saturated rings. The molecule has 0 aliphatic carbocycles. The lowest BCUT2D eigenvalue weighted by Gasteiger charge is -2.36. The predicted octanol–water partition coefficient (Wildman–Crippen LogP) is 2.22. The van der Waals surface area contributed by atoms with E-state index in [2.05, 4.69) is 9.88 Å². The number of pyridine rings is 1. The number of aliphatic hydroxyl groups is 1. The third-order valence-corrected chi connectivity index (χ3v) is 4.76. The Bertz CT molecular complexity index is 486. The summed E-state index contributed by atoms with van der Waals surface area (Å²) in [5.41, 5.74) is -0.0805. The molecule has 0 aromatic carbocycles. The number of rotatable bonds is 2. The highest BCUT2D eigenvalue weighted by Crippen LogP contribution is 2.44. The molecule has 0 bridgehead atoms. The van der Waals surface area contributed by atoms with Gasteiger partial charge >= 0.3 is 0 Å². The first-order chi connectivity index (χ1) is 9.14. The molecule has 0 spiro atoms. The zero-order valence-corrected chi connectivity index (χ0v) is 12.0. The van der Waals surface area contributed by atoms with E-state index in [1.165, 1.54) is 0 Å². The molecule has 2 saturated heterocycles. The van der Waals surface area contributed by atoms with Gasteiger partial charge in [-0.1, -0.05) is 23.2 Å². The maximum Gasteiger partial charge on any atom is 0.147 e. The molecule has 3 heterocycles. The van der Waals surface area contributed by atoms with Crippen molar-refractivity contribution in [3.63, 3.8) is 0 Å². The van der Waals surface area contributed by atoms with Gasteiger partial charge in [0, 0.05) is 37.2 Å². The lowest BCUT2D eigenvalue weighted by atomic mass is 9.75. The molecule has 0 saturated carbocycles. The average molecular weight is 303 g/mol. The van der Waals surface area contributed by atoms with Crippen LogP contribution in [-0.4, -0.2) is 43.0 Å². The zero-order valence-electron chi connectivity index (χ0n) is 10.5. The van der Waals surface area contributed by atoms with E-state index in [-0.39, 0.29) is 12.0 Å². The summed E-state index contributed by atoms with van der Waals surface area (Å²) in [5.74, 6) is 1.08. The maximum atomic E-state index is 9.77. The Kier molecular flexibility index (Phi) is 3.60. The third-order valence-electron chi connectivity index (χ3n) is 4.28. The van der Waals surface area contributed by atoms with Crippen LogP contribution < -0.4 is 4.90 Å². The van der Waals surface area contributed by atoms with E-state index < -0.39 is 0 Å². The van der Waals surface area contributed by atoms with Crippen molar-refractivity contribution in [3.8, 4) is 0 Å². The molecule has 6 heteroatoms. The van der Waals surface area contributed by atoms with Crippen LogP contribution in [0.2, 0.25) is 10.0 Å². The van der Waals surface area contributed by atoms with E-state index in [1.54, 1.807) is 12.3 Å². The summed E-state index contributed by atoms with van der Waals surface area (Å²) in [6.07, 6.45) is 2.49. The van der Waals surface area contributed by atoms with Gasteiger partial charge < -0.3 is 14.7 Å². The molecule has 4 nitrogen and oxygen atoms in total. The number of fused-ring (bicyclic) bond motifs is 1. The molecule has 3 rings (SSSR count). The van der Waals surface area contributed by atoms with Crippen molar-refractivity contribution in [2.75, 3.05) is 37.8 Å². The minimum atomic E-state index is -0.0805. The van der Waals surface area contributed by atoms with Gasteiger partial charge in [-0.25, -0.2) is 4.98 Å². The Balaban J connectivity index is 1.88. The lowest BCUT2D eigenvalue weighted by Crippen LogP contribution is -2.41. The van der Waals surface area contributed by atoms with Crippen LogP contribution in [0.25, 0.3) is 0 Å². The fraction of sp³-hybridized carbons (Fsp3) is 0.615. The van der Waals surface area contributed by atoms with Crippen LogP contribution in [0.3, 0.4) is 0 Å². The minimum Gasteiger partial charge on any atom is -0.396 e. The molecular weight excluding hydrogens is 287 g/mol. The van der Waals surface area contributed by atoms with Crippen molar-refractivity contribution >= 4 is 29.0 Å². The SMILES string of the molecule is OC[C@]12CCOC[C@H]1CN(c1ncc(Cl)cc1Cl)C2. The topological polar surface area (TPSA) is 45.6 Å². The second kappa shape index (κ2) is 5.09. The summed E-state index contributed by atoms with van der Waals surface area (Å²) in [6.45, 7) is 3.18. The van der Waals surface area contributed by atoms with Crippen molar-refractivity contribution in [2.24, 2.45) is 11.3 Å². The van der Waals surface area contributed by atoms with Crippen LogP contribution in [0.5, 0.6) is 0 Å². The third kappa shape index (κ3) is 2.31. The smallest absolute Gasteiger partial charge is 0.147 e. The molecule has 0 amide bonds. The number of ether oxygens (including phenoxy) is 1.